The van der Waals surface area contributed by atoms with Gasteiger partial charge in [0.25, 0.3) is 7.82 Å². The van der Waals surface area contributed by atoms with Crippen LogP contribution in [0.25, 0.3) is 0 Å². The second-order valence-electron chi connectivity index (χ2n) is 16.8. The van der Waals surface area contributed by atoms with Crippen molar-refractivity contribution in [3.05, 3.63) is 24.8 Å². The number of carbonyl (C=O) groups is 2. The number of likely N-dealkylation sites (N-methyl/N-ethyl adjacent to an activating group) is 1. The number of esters is 2. The Bertz CT molecular complexity index is 998. The molecule has 0 N–H and O–H groups in total. The zero-order chi connectivity index (χ0) is 41.4. The lowest BCUT2D eigenvalue weighted by Gasteiger charge is -2.28. The molecule has 10 heteroatoms. The van der Waals surface area contributed by atoms with E-state index in [1.54, 1.807) is 0 Å². The fourth-order valence-corrected chi connectivity index (χ4v) is 7.18. The zero-order valence-corrected chi connectivity index (χ0v) is 37.8. The summed E-state index contributed by atoms with van der Waals surface area (Å²) in [7, 11) is 1.17. The highest BCUT2D eigenvalue weighted by atomic mass is 31.2. The van der Waals surface area contributed by atoms with Crippen LogP contribution in [-0.2, 0) is 32.7 Å². The third-order valence-corrected chi connectivity index (χ3v) is 11.1. The molecule has 0 aromatic heterocycles. The first-order chi connectivity index (χ1) is 27.0. The number of rotatable bonds is 43. The van der Waals surface area contributed by atoms with Crippen LogP contribution in [0.4, 0.5) is 0 Å². The Balaban J connectivity index is 4.30. The summed E-state index contributed by atoms with van der Waals surface area (Å²) in [6, 6.07) is 0. The summed E-state index contributed by atoms with van der Waals surface area (Å²) in [5.41, 5.74) is 0. The molecule has 0 radical (unpaired) electrons. The van der Waals surface area contributed by atoms with Gasteiger partial charge < -0.3 is 27.9 Å². The molecule has 0 heterocycles. The minimum atomic E-state index is -4.62. The number of quaternary nitrogens is 1. The lowest BCUT2D eigenvalue weighted by Crippen LogP contribution is -2.37. The Morgan fingerprint density at radius 2 is 1.00 bits per heavy atom. The molecule has 0 saturated heterocycles. The molecule has 0 spiro atoms. The third kappa shape index (κ3) is 42.1. The Morgan fingerprint density at radius 1 is 0.589 bits per heavy atom. The number of hydrogen-bond acceptors (Lipinski definition) is 8. The fraction of sp³-hybridized carbons (Fsp3) is 0.870. The standard InChI is InChI=1S/C46H88NO8P/c1-6-8-10-12-14-16-18-20-22-23-25-27-29-31-33-35-37-39-46(49)55-44(43-54-56(50,51)53-41-40-47(3,4)5)42-52-45(48)38-36-34-32-30-28-26-24-21-19-17-15-13-11-9-7-2/h7,16,18,44H,2,6,8-15,17,19-43H2,1,3-5H3/b18-16+/t44-/m1/s1. The Labute approximate surface area is 345 Å². The maximum Gasteiger partial charge on any atom is 0.306 e. The van der Waals surface area contributed by atoms with E-state index in [0.29, 0.717) is 17.4 Å². The normalized spacial score (nSPS) is 13.5. The van der Waals surface area contributed by atoms with Crippen molar-refractivity contribution in [3.8, 4) is 0 Å². The summed E-state index contributed by atoms with van der Waals surface area (Å²) in [6.45, 7) is 5.75. The third-order valence-electron chi connectivity index (χ3n) is 10.1. The van der Waals surface area contributed by atoms with E-state index in [2.05, 4.69) is 25.7 Å². The zero-order valence-electron chi connectivity index (χ0n) is 36.9. The van der Waals surface area contributed by atoms with Gasteiger partial charge in [-0.15, -0.1) is 6.58 Å². The number of ether oxygens (including phenoxy) is 2. The molecule has 0 aliphatic rings. The van der Waals surface area contributed by atoms with Gasteiger partial charge >= 0.3 is 11.9 Å². The van der Waals surface area contributed by atoms with Crippen LogP contribution < -0.4 is 4.89 Å². The molecule has 0 rings (SSSR count). The lowest BCUT2D eigenvalue weighted by molar-refractivity contribution is -0.870. The molecule has 0 saturated carbocycles. The Morgan fingerprint density at radius 3 is 1.45 bits per heavy atom. The number of phosphoric acid groups is 1. The van der Waals surface area contributed by atoms with Crippen LogP contribution in [0, 0.1) is 0 Å². The van der Waals surface area contributed by atoms with Crippen LogP contribution in [0.1, 0.15) is 206 Å². The largest absolute Gasteiger partial charge is 0.756 e. The van der Waals surface area contributed by atoms with E-state index >= 15 is 0 Å². The Kier molecular flexibility index (Phi) is 37.9. The van der Waals surface area contributed by atoms with Gasteiger partial charge in [-0.1, -0.05) is 160 Å². The van der Waals surface area contributed by atoms with Crippen LogP contribution >= 0.6 is 7.82 Å². The molecule has 0 aliphatic heterocycles. The first-order valence-corrected chi connectivity index (χ1v) is 24.5. The molecule has 0 aliphatic carbocycles. The van der Waals surface area contributed by atoms with E-state index in [-0.39, 0.29) is 32.0 Å². The number of phosphoric ester groups is 1. The number of allylic oxidation sites excluding steroid dienone is 3. The van der Waals surface area contributed by atoms with Gasteiger partial charge in [-0.3, -0.25) is 14.2 Å². The predicted octanol–water partition coefficient (Wildman–Crippen LogP) is 12.5. The van der Waals surface area contributed by atoms with Gasteiger partial charge in [-0.05, 0) is 51.4 Å². The van der Waals surface area contributed by atoms with E-state index < -0.39 is 26.5 Å². The number of unbranched alkanes of at least 4 members (excludes halogenated alkanes) is 26. The van der Waals surface area contributed by atoms with Gasteiger partial charge in [0.15, 0.2) is 6.10 Å². The first kappa shape index (κ1) is 54.5. The maximum absolute atomic E-state index is 12.7. The molecule has 56 heavy (non-hydrogen) atoms. The van der Waals surface area contributed by atoms with E-state index in [1.807, 2.05) is 27.2 Å². The molecule has 0 bridgehead atoms. The highest BCUT2D eigenvalue weighted by Gasteiger charge is 2.21. The minimum absolute atomic E-state index is 0.0302. The van der Waals surface area contributed by atoms with Crippen molar-refractivity contribution in [1.82, 2.24) is 0 Å². The van der Waals surface area contributed by atoms with Gasteiger partial charge in [-0.25, -0.2) is 0 Å². The summed E-state index contributed by atoms with van der Waals surface area (Å²) in [5, 5.41) is 0. The Hall–Kier alpha value is -1.51. The molecule has 2 atom stereocenters. The summed E-state index contributed by atoms with van der Waals surface area (Å²) >= 11 is 0. The van der Waals surface area contributed by atoms with Crippen molar-refractivity contribution in [2.75, 3.05) is 47.5 Å². The maximum atomic E-state index is 12.7. The van der Waals surface area contributed by atoms with Crippen molar-refractivity contribution < 1.29 is 42.1 Å². The van der Waals surface area contributed by atoms with Crippen LogP contribution in [0.3, 0.4) is 0 Å². The van der Waals surface area contributed by atoms with E-state index in [0.717, 1.165) is 44.9 Å². The monoisotopic (exact) mass is 814 g/mol. The smallest absolute Gasteiger partial charge is 0.306 e. The molecule has 9 nitrogen and oxygen atoms in total. The summed E-state index contributed by atoms with van der Waals surface area (Å²) in [4.78, 5) is 37.6. The van der Waals surface area contributed by atoms with Gasteiger partial charge in [0.2, 0.25) is 0 Å². The van der Waals surface area contributed by atoms with Crippen molar-refractivity contribution in [2.45, 2.75) is 212 Å². The molecule has 0 amide bonds. The lowest BCUT2D eigenvalue weighted by atomic mass is 10.0. The van der Waals surface area contributed by atoms with Gasteiger partial charge in [-0.2, -0.15) is 0 Å². The summed E-state index contributed by atoms with van der Waals surface area (Å²) in [6.07, 6.45) is 40.9. The molecule has 0 aromatic carbocycles. The molecular weight excluding hydrogens is 725 g/mol. The van der Waals surface area contributed by atoms with Crippen molar-refractivity contribution >= 4 is 19.8 Å². The molecule has 1 unspecified atom stereocenters. The minimum Gasteiger partial charge on any atom is -0.756 e. The first-order valence-electron chi connectivity index (χ1n) is 23.0. The molecule has 0 aromatic rings. The average Bonchev–Trinajstić information content (AvgIpc) is 3.15. The highest BCUT2D eigenvalue weighted by Crippen LogP contribution is 2.38. The van der Waals surface area contributed by atoms with Gasteiger partial charge in [0.05, 0.1) is 27.7 Å². The summed E-state index contributed by atoms with van der Waals surface area (Å²) < 4.78 is 33.9. The predicted molar refractivity (Wildman–Crippen MR) is 231 cm³/mol. The topological polar surface area (TPSA) is 111 Å². The number of nitrogens with zero attached hydrogens (tertiary/aromatic N) is 1. The van der Waals surface area contributed by atoms with Crippen molar-refractivity contribution in [2.24, 2.45) is 0 Å². The van der Waals surface area contributed by atoms with Gasteiger partial charge in [0, 0.05) is 12.8 Å². The van der Waals surface area contributed by atoms with Gasteiger partial charge in [0.1, 0.15) is 19.8 Å². The number of carbonyl (C=O) groups excluding carboxylic acids is 2. The van der Waals surface area contributed by atoms with E-state index in [1.165, 1.54) is 135 Å². The van der Waals surface area contributed by atoms with E-state index in [4.69, 9.17) is 18.5 Å². The molecule has 0 fully saturated rings. The second kappa shape index (κ2) is 39.0. The number of hydrogen-bond donors (Lipinski definition) is 0. The summed E-state index contributed by atoms with van der Waals surface area (Å²) in [5.74, 6) is -0.833. The van der Waals surface area contributed by atoms with Crippen molar-refractivity contribution in [1.29, 1.82) is 0 Å². The molecular formula is C46H88NO8P. The van der Waals surface area contributed by atoms with Crippen molar-refractivity contribution in [3.63, 3.8) is 0 Å². The quantitative estimate of drug-likeness (QED) is 0.0197. The van der Waals surface area contributed by atoms with Crippen LogP contribution in [0.5, 0.6) is 0 Å². The average molecular weight is 814 g/mol. The van der Waals surface area contributed by atoms with E-state index in [9.17, 15) is 19.0 Å². The second-order valence-corrected chi connectivity index (χ2v) is 18.3. The van der Waals surface area contributed by atoms with Crippen LogP contribution in [-0.4, -0.2) is 70.0 Å². The van der Waals surface area contributed by atoms with Crippen LogP contribution in [0.15, 0.2) is 24.8 Å². The fourth-order valence-electron chi connectivity index (χ4n) is 6.45. The SMILES string of the molecule is C=CCCCCCCCCCCCCCCCC(=O)OC[C@H](COP(=O)([O-])OCC[N+](C)(C)C)OC(=O)CCCCCCCCCCC/C=C/CCCCCC. The van der Waals surface area contributed by atoms with Crippen LogP contribution in [0.2, 0.25) is 0 Å². The highest BCUT2D eigenvalue weighted by molar-refractivity contribution is 7.45. The molecule has 330 valence electrons.